The summed E-state index contributed by atoms with van der Waals surface area (Å²) < 4.78 is 7.06. The monoisotopic (exact) mass is 478 g/mol. The third kappa shape index (κ3) is 4.96. The van der Waals surface area contributed by atoms with Crippen molar-refractivity contribution in [2.24, 2.45) is 5.73 Å². The van der Waals surface area contributed by atoms with E-state index >= 15 is 0 Å². The molecular formula is C24H22N4O5S. The fourth-order valence-electron chi connectivity index (χ4n) is 3.61. The highest BCUT2D eigenvalue weighted by Crippen LogP contribution is 2.34. The van der Waals surface area contributed by atoms with Crippen molar-refractivity contribution in [3.8, 4) is 5.75 Å². The lowest BCUT2D eigenvalue weighted by Gasteiger charge is -2.12. The summed E-state index contributed by atoms with van der Waals surface area (Å²) in [6, 6.07) is 14.2. The van der Waals surface area contributed by atoms with Gasteiger partial charge in [0.1, 0.15) is 18.8 Å². The summed E-state index contributed by atoms with van der Waals surface area (Å²) in [4.78, 5) is 50.3. The lowest BCUT2D eigenvalue weighted by molar-refractivity contribution is -0.127. The SMILES string of the molecule is CCOc1ccc(NC(=O)CN2C(=O)SC(=Cc3cn(CC(N)=O)c4ccccc34)C2=O)cc1. The number of aromatic nitrogens is 1. The molecular weight excluding hydrogens is 456 g/mol. The Morgan fingerprint density at radius 1 is 1.09 bits per heavy atom. The molecule has 0 saturated carbocycles. The van der Waals surface area contributed by atoms with E-state index in [1.165, 1.54) is 0 Å². The van der Waals surface area contributed by atoms with Gasteiger partial charge in [-0.1, -0.05) is 18.2 Å². The molecule has 0 unspecified atom stereocenters. The van der Waals surface area contributed by atoms with Gasteiger partial charge in [-0.3, -0.25) is 24.1 Å². The molecule has 34 heavy (non-hydrogen) atoms. The van der Waals surface area contributed by atoms with Crippen LogP contribution in [-0.2, 0) is 20.9 Å². The van der Waals surface area contributed by atoms with Crippen LogP contribution in [0.4, 0.5) is 10.5 Å². The molecule has 2 aromatic carbocycles. The summed E-state index contributed by atoms with van der Waals surface area (Å²) in [5.74, 6) is -0.866. The second kappa shape index (κ2) is 9.84. The highest BCUT2D eigenvalue weighted by atomic mass is 32.2. The van der Waals surface area contributed by atoms with Crippen LogP contribution in [0.3, 0.4) is 0 Å². The Hall–Kier alpha value is -4.05. The van der Waals surface area contributed by atoms with Crippen LogP contribution < -0.4 is 15.8 Å². The highest BCUT2D eigenvalue weighted by Gasteiger charge is 2.36. The molecule has 1 saturated heterocycles. The van der Waals surface area contributed by atoms with Gasteiger partial charge in [0.05, 0.1) is 11.5 Å². The number of nitrogens with zero attached hydrogens (tertiary/aromatic N) is 2. The number of carbonyl (C=O) groups is 4. The van der Waals surface area contributed by atoms with Crippen LogP contribution in [0.5, 0.6) is 5.75 Å². The molecule has 1 fully saturated rings. The highest BCUT2D eigenvalue weighted by molar-refractivity contribution is 8.18. The first kappa shape index (κ1) is 23.1. The van der Waals surface area contributed by atoms with Crippen molar-refractivity contribution < 1.29 is 23.9 Å². The molecule has 3 N–H and O–H groups in total. The van der Waals surface area contributed by atoms with Crippen LogP contribution in [0.1, 0.15) is 12.5 Å². The summed E-state index contributed by atoms with van der Waals surface area (Å²) in [7, 11) is 0. The zero-order chi connectivity index (χ0) is 24.2. The predicted molar refractivity (Wildman–Crippen MR) is 130 cm³/mol. The molecule has 0 aliphatic carbocycles. The topological polar surface area (TPSA) is 124 Å². The number of imide groups is 1. The maximum atomic E-state index is 12.9. The lowest BCUT2D eigenvalue weighted by Crippen LogP contribution is -2.36. The average Bonchev–Trinajstić information content (AvgIpc) is 3.27. The van der Waals surface area contributed by atoms with E-state index in [0.29, 0.717) is 23.6 Å². The van der Waals surface area contributed by atoms with Crippen LogP contribution in [0.25, 0.3) is 17.0 Å². The summed E-state index contributed by atoms with van der Waals surface area (Å²) in [6.45, 7) is 1.99. The van der Waals surface area contributed by atoms with Gasteiger partial charge in [0.25, 0.3) is 11.1 Å². The average molecular weight is 479 g/mol. The van der Waals surface area contributed by atoms with E-state index in [4.69, 9.17) is 10.5 Å². The van der Waals surface area contributed by atoms with Crippen LogP contribution in [-0.4, -0.2) is 45.6 Å². The van der Waals surface area contributed by atoms with Crippen molar-refractivity contribution in [3.63, 3.8) is 0 Å². The van der Waals surface area contributed by atoms with Crippen LogP contribution in [0.2, 0.25) is 0 Å². The summed E-state index contributed by atoms with van der Waals surface area (Å²) in [6.07, 6.45) is 3.30. The summed E-state index contributed by atoms with van der Waals surface area (Å²) in [5.41, 5.74) is 7.31. The molecule has 0 spiro atoms. The quantitative estimate of drug-likeness (QED) is 0.479. The third-order valence-electron chi connectivity index (χ3n) is 5.06. The summed E-state index contributed by atoms with van der Waals surface area (Å²) >= 11 is 0.765. The minimum absolute atomic E-state index is 0.0123. The molecule has 0 atom stereocenters. The number of hydrogen-bond acceptors (Lipinski definition) is 6. The van der Waals surface area contributed by atoms with E-state index in [1.807, 2.05) is 31.2 Å². The minimum atomic E-state index is -0.552. The van der Waals surface area contributed by atoms with Gasteiger partial charge >= 0.3 is 0 Å². The lowest BCUT2D eigenvalue weighted by atomic mass is 10.1. The third-order valence-corrected chi connectivity index (χ3v) is 5.96. The number of fused-ring (bicyclic) bond motifs is 1. The molecule has 0 radical (unpaired) electrons. The Balaban J connectivity index is 1.49. The number of nitrogens with one attached hydrogen (secondary N) is 1. The molecule has 174 valence electrons. The Kier molecular flexibility index (Phi) is 6.69. The second-order valence-corrected chi connectivity index (χ2v) is 8.46. The zero-order valence-corrected chi connectivity index (χ0v) is 19.1. The Labute approximate surface area is 199 Å². The molecule has 2 heterocycles. The number of thioether (sulfide) groups is 1. The van der Waals surface area contributed by atoms with Gasteiger partial charge in [-0.25, -0.2) is 0 Å². The van der Waals surface area contributed by atoms with Crippen LogP contribution >= 0.6 is 11.8 Å². The van der Waals surface area contributed by atoms with Gasteiger partial charge in [0.2, 0.25) is 11.8 Å². The van der Waals surface area contributed by atoms with Gasteiger partial charge in [-0.15, -0.1) is 0 Å². The van der Waals surface area contributed by atoms with Crippen LogP contribution in [0, 0.1) is 0 Å². The first-order chi connectivity index (χ1) is 16.4. The van der Waals surface area contributed by atoms with E-state index in [9.17, 15) is 19.2 Å². The maximum absolute atomic E-state index is 12.9. The molecule has 1 aliphatic heterocycles. The second-order valence-electron chi connectivity index (χ2n) is 7.47. The molecule has 4 amide bonds. The van der Waals surface area contributed by atoms with E-state index in [-0.39, 0.29) is 11.4 Å². The number of benzene rings is 2. The largest absolute Gasteiger partial charge is 0.494 e. The molecule has 3 aromatic rings. The van der Waals surface area contributed by atoms with Crippen LogP contribution in [0.15, 0.2) is 59.6 Å². The van der Waals surface area contributed by atoms with E-state index in [0.717, 1.165) is 27.6 Å². The predicted octanol–water partition coefficient (Wildman–Crippen LogP) is 3.20. The first-order valence-electron chi connectivity index (χ1n) is 10.5. The van der Waals surface area contributed by atoms with Gasteiger partial charge in [-0.05, 0) is 55.1 Å². The molecule has 0 bridgehead atoms. The fourth-order valence-corrected chi connectivity index (χ4v) is 4.44. The fraction of sp³-hybridized carbons (Fsp3) is 0.167. The number of nitrogens with two attached hydrogens (primary N) is 1. The first-order valence-corrected chi connectivity index (χ1v) is 11.3. The molecule has 1 aromatic heterocycles. The van der Waals surface area contributed by atoms with Gasteiger partial charge in [0.15, 0.2) is 0 Å². The van der Waals surface area contributed by atoms with Gasteiger partial charge < -0.3 is 20.4 Å². The molecule has 9 nitrogen and oxygen atoms in total. The van der Waals surface area contributed by atoms with E-state index in [1.54, 1.807) is 41.1 Å². The number of hydrogen-bond donors (Lipinski definition) is 2. The number of carbonyl (C=O) groups excluding carboxylic acids is 4. The minimum Gasteiger partial charge on any atom is -0.494 e. The molecule has 10 heteroatoms. The van der Waals surface area contributed by atoms with Gasteiger partial charge in [0, 0.05) is 28.4 Å². The van der Waals surface area contributed by atoms with Crippen molar-refractivity contribution in [2.75, 3.05) is 18.5 Å². The zero-order valence-electron chi connectivity index (χ0n) is 18.3. The Bertz CT molecular complexity index is 1310. The Morgan fingerprint density at radius 3 is 2.53 bits per heavy atom. The van der Waals surface area contributed by atoms with Crippen molar-refractivity contribution in [1.82, 2.24) is 9.47 Å². The molecule has 1 aliphatic rings. The molecule has 4 rings (SSSR count). The number of ether oxygens (including phenoxy) is 1. The van der Waals surface area contributed by atoms with E-state index in [2.05, 4.69) is 5.32 Å². The van der Waals surface area contributed by atoms with Crippen molar-refractivity contribution in [2.45, 2.75) is 13.5 Å². The standard InChI is InChI=1S/C24H22N4O5S/c1-2-33-17-9-7-16(8-10-17)26-22(30)14-28-23(31)20(34-24(28)32)11-15-12-27(13-21(25)29)19-6-4-3-5-18(15)19/h3-12H,2,13-14H2,1H3,(H2,25,29)(H,26,30). The normalized spacial score (nSPS) is 14.7. The number of rotatable bonds is 8. The summed E-state index contributed by atoms with van der Waals surface area (Å²) in [5, 5.41) is 2.95. The Morgan fingerprint density at radius 2 is 1.82 bits per heavy atom. The van der Waals surface area contributed by atoms with E-state index < -0.39 is 29.5 Å². The number of anilines is 1. The number of amides is 4. The van der Waals surface area contributed by atoms with Crippen molar-refractivity contribution in [1.29, 1.82) is 0 Å². The van der Waals surface area contributed by atoms with Crippen molar-refractivity contribution >= 4 is 57.4 Å². The maximum Gasteiger partial charge on any atom is 0.294 e. The number of primary amides is 1. The van der Waals surface area contributed by atoms with Crippen molar-refractivity contribution in [3.05, 3.63) is 65.2 Å². The number of para-hydroxylation sites is 1. The smallest absolute Gasteiger partial charge is 0.294 e. The van der Waals surface area contributed by atoms with Gasteiger partial charge in [-0.2, -0.15) is 0 Å².